The molecule has 18 rings (SSSR count). The first kappa shape index (κ1) is 50.8. The van der Waals surface area contributed by atoms with Crippen LogP contribution in [-0.4, -0.2) is 13.7 Å². The first-order valence-electron chi connectivity index (χ1n) is 31.0. The fraction of sp³-hybridized carbons (Fsp3) is 0.0233. The molecule has 0 fully saturated rings. The Hall–Kier alpha value is -11.5. The number of aromatic nitrogens is 3. The van der Waals surface area contributed by atoms with Crippen molar-refractivity contribution in [2.45, 2.75) is 12.3 Å². The van der Waals surface area contributed by atoms with Gasteiger partial charge in [0.25, 0.3) is 0 Å². The summed E-state index contributed by atoms with van der Waals surface area (Å²) in [6, 6.07) is 122. The van der Waals surface area contributed by atoms with E-state index in [1.54, 1.807) is 0 Å². The smallest absolute Gasteiger partial charge is 0.0549 e. The van der Waals surface area contributed by atoms with Gasteiger partial charge in [-0.25, -0.2) is 0 Å². The summed E-state index contributed by atoms with van der Waals surface area (Å²) in [7, 11) is 0. The summed E-state index contributed by atoms with van der Waals surface area (Å²) < 4.78 is 7.67. The Morgan fingerprint density at radius 1 is 0.225 bits per heavy atom. The maximum absolute atomic E-state index is 2.60. The van der Waals surface area contributed by atoms with Crippen LogP contribution in [0, 0.1) is 0 Å². The van der Waals surface area contributed by atoms with Crippen molar-refractivity contribution in [3.63, 3.8) is 0 Å². The highest BCUT2D eigenvalue weighted by Gasteiger charge is 2.31. The van der Waals surface area contributed by atoms with E-state index in [0.29, 0.717) is 0 Å². The van der Waals surface area contributed by atoms with E-state index in [1.165, 1.54) is 105 Å². The van der Waals surface area contributed by atoms with Crippen LogP contribution < -0.4 is 0 Å². The number of benzene rings is 14. The lowest BCUT2D eigenvalue weighted by molar-refractivity contribution is 0.793. The summed E-state index contributed by atoms with van der Waals surface area (Å²) in [6.07, 6.45) is 0.847. The van der Waals surface area contributed by atoms with E-state index in [4.69, 9.17) is 0 Å². The summed E-state index contributed by atoms with van der Waals surface area (Å²) in [5.74, 6) is 0.164. The molecule has 0 spiro atoms. The third-order valence-corrected chi connectivity index (χ3v) is 19.0. The topological polar surface area (TPSA) is 14.8 Å². The molecule has 3 aromatic heterocycles. The number of fused-ring (bicyclic) bond motifs is 12. The van der Waals surface area contributed by atoms with Gasteiger partial charge in [-0.15, -0.1) is 0 Å². The maximum atomic E-state index is 2.60. The quantitative estimate of drug-likeness (QED) is 0.137. The molecule has 1 aliphatic carbocycles. The van der Waals surface area contributed by atoms with Crippen molar-refractivity contribution in [2.24, 2.45) is 0 Å². The van der Waals surface area contributed by atoms with Gasteiger partial charge in [-0.05, 0) is 170 Å². The largest absolute Gasteiger partial charge is 0.309 e. The molecule has 416 valence electrons. The molecule has 0 bridgehead atoms. The molecule has 3 heteroatoms. The molecule has 0 N–H and O–H groups in total. The molecule has 0 radical (unpaired) electrons. The van der Waals surface area contributed by atoms with Crippen LogP contribution in [0.15, 0.2) is 328 Å². The zero-order valence-electron chi connectivity index (χ0n) is 48.8. The number of rotatable bonds is 9. The van der Waals surface area contributed by atoms with Crippen molar-refractivity contribution >= 4 is 65.4 Å². The van der Waals surface area contributed by atoms with Crippen LogP contribution in [-0.2, 0) is 6.42 Å². The maximum Gasteiger partial charge on any atom is 0.0549 e. The molecule has 3 heterocycles. The minimum absolute atomic E-state index is 0.164. The van der Waals surface area contributed by atoms with E-state index in [2.05, 4.69) is 341 Å². The number of nitrogens with zero attached hydrogens (tertiary/aromatic N) is 3. The van der Waals surface area contributed by atoms with E-state index in [-0.39, 0.29) is 5.92 Å². The lowest BCUT2D eigenvalue weighted by atomic mass is 9.75. The lowest BCUT2D eigenvalue weighted by Gasteiger charge is -2.30. The predicted molar refractivity (Wildman–Crippen MR) is 374 cm³/mol. The standard InChI is InChI=1S/C86H57N3/c1-7-23-56(24-8-1)61-39-43-80-72(47-61)73-48-62(57-25-9-2-10-26-57)40-44-81(73)88(80)85-53-71-65(51-70(60-31-15-5-16-32-60)67-35-19-20-36-68(67)71)52-76(85)78-55-84-77(69-37-21-22-38-79(69)87(84)66-33-17-6-18-34-66)54-86(78)89-82-45-41-63(58-27-11-3-12-28-58)49-74(82)75-50-64(42-46-83(75)89)59-29-13-4-14-30-59/h1-50,52-55,70H,51H2. The zero-order valence-corrected chi connectivity index (χ0v) is 48.8. The minimum atomic E-state index is 0.164. The first-order valence-corrected chi connectivity index (χ1v) is 31.0. The Labute approximate surface area is 516 Å². The third kappa shape index (κ3) is 8.27. The van der Waals surface area contributed by atoms with Gasteiger partial charge in [-0.3, -0.25) is 0 Å². The number of hydrogen-bond acceptors (Lipinski definition) is 0. The Bertz CT molecular complexity index is 5410. The predicted octanol–water partition coefficient (Wildman–Crippen LogP) is 22.7. The molecule has 0 aliphatic heterocycles. The van der Waals surface area contributed by atoms with Crippen molar-refractivity contribution < 1.29 is 0 Å². The third-order valence-electron chi connectivity index (χ3n) is 19.0. The van der Waals surface area contributed by atoms with Gasteiger partial charge in [0, 0.05) is 55.0 Å². The normalized spacial score (nSPS) is 13.0. The SMILES string of the molecule is c1ccc(-c2ccc3c(c2)c2cc(-c4ccccc4)ccc2n3-c2cc3c(cc2-c2cc4c(cc2-n2c5ccc(-c6ccccc6)cc5c5cc(-c6ccccc6)ccc52)c2ccccc2n4-c2ccccc2)CC(c2ccccc2)c2ccccc2-3)cc1. The number of hydrogen-bond donors (Lipinski definition) is 0. The number of para-hydroxylation sites is 2. The van der Waals surface area contributed by atoms with Crippen molar-refractivity contribution in [3.05, 3.63) is 344 Å². The van der Waals surface area contributed by atoms with Crippen molar-refractivity contribution in [1.82, 2.24) is 13.7 Å². The van der Waals surface area contributed by atoms with Crippen molar-refractivity contribution in [1.29, 1.82) is 0 Å². The molecule has 3 nitrogen and oxygen atoms in total. The zero-order chi connectivity index (χ0) is 58.5. The molecular weight excluding hydrogens is 1070 g/mol. The van der Waals surface area contributed by atoms with Crippen LogP contribution in [0.5, 0.6) is 0 Å². The summed E-state index contributed by atoms with van der Waals surface area (Å²) in [5.41, 5.74) is 28.6. The van der Waals surface area contributed by atoms with Gasteiger partial charge < -0.3 is 13.7 Å². The van der Waals surface area contributed by atoms with Gasteiger partial charge in [-0.1, -0.05) is 237 Å². The second-order valence-corrected chi connectivity index (χ2v) is 23.9. The summed E-state index contributed by atoms with van der Waals surface area (Å²) >= 11 is 0. The van der Waals surface area contributed by atoms with E-state index in [9.17, 15) is 0 Å². The van der Waals surface area contributed by atoms with Gasteiger partial charge in [0.15, 0.2) is 0 Å². The molecule has 1 unspecified atom stereocenters. The average Bonchev–Trinajstić information content (AvgIpc) is 1.71. The van der Waals surface area contributed by atoms with Crippen LogP contribution in [0.3, 0.4) is 0 Å². The van der Waals surface area contributed by atoms with E-state index in [1.807, 2.05) is 0 Å². The van der Waals surface area contributed by atoms with E-state index < -0.39 is 0 Å². The van der Waals surface area contributed by atoms with E-state index in [0.717, 1.165) is 67.7 Å². The van der Waals surface area contributed by atoms with Crippen molar-refractivity contribution in [3.8, 4) is 83.8 Å². The van der Waals surface area contributed by atoms with Crippen LogP contribution in [0.4, 0.5) is 0 Å². The highest BCUT2D eigenvalue weighted by Crippen LogP contribution is 2.51. The minimum Gasteiger partial charge on any atom is -0.309 e. The molecule has 1 aliphatic rings. The Balaban J connectivity index is 1.00. The van der Waals surface area contributed by atoms with Gasteiger partial charge >= 0.3 is 0 Å². The monoisotopic (exact) mass is 1130 g/mol. The Kier molecular flexibility index (Phi) is 11.7. The highest BCUT2D eigenvalue weighted by atomic mass is 15.0. The van der Waals surface area contributed by atoms with Crippen molar-refractivity contribution in [2.75, 3.05) is 0 Å². The molecule has 89 heavy (non-hydrogen) atoms. The van der Waals surface area contributed by atoms with Gasteiger partial charge in [0.2, 0.25) is 0 Å². The van der Waals surface area contributed by atoms with Gasteiger partial charge in [0.1, 0.15) is 0 Å². The van der Waals surface area contributed by atoms with E-state index >= 15 is 0 Å². The fourth-order valence-electron chi connectivity index (χ4n) is 14.9. The van der Waals surface area contributed by atoms with Crippen LogP contribution in [0.25, 0.3) is 149 Å². The van der Waals surface area contributed by atoms with Gasteiger partial charge in [0.05, 0.1) is 44.5 Å². The Morgan fingerprint density at radius 2 is 0.607 bits per heavy atom. The summed E-state index contributed by atoms with van der Waals surface area (Å²) in [4.78, 5) is 0. The highest BCUT2D eigenvalue weighted by molar-refractivity contribution is 6.17. The molecule has 0 saturated heterocycles. The second kappa shape index (κ2) is 20.6. The summed E-state index contributed by atoms with van der Waals surface area (Å²) in [5, 5.41) is 7.22. The lowest BCUT2D eigenvalue weighted by Crippen LogP contribution is -2.14. The van der Waals surface area contributed by atoms with Crippen LogP contribution in [0.1, 0.15) is 22.6 Å². The molecule has 0 saturated carbocycles. The Morgan fingerprint density at radius 3 is 1.10 bits per heavy atom. The average molecular weight is 1130 g/mol. The first-order chi connectivity index (χ1) is 44.1. The van der Waals surface area contributed by atoms with Crippen LogP contribution in [0.2, 0.25) is 0 Å². The molecule has 14 aromatic carbocycles. The fourth-order valence-corrected chi connectivity index (χ4v) is 14.9. The van der Waals surface area contributed by atoms with Crippen LogP contribution >= 0.6 is 0 Å². The second-order valence-electron chi connectivity index (χ2n) is 23.9. The molecular formula is C86H57N3. The molecule has 0 amide bonds. The molecule has 17 aromatic rings. The molecule has 1 atom stereocenters. The summed E-state index contributed by atoms with van der Waals surface area (Å²) in [6.45, 7) is 0. The van der Waals surface area contributed by atoms with Gasteiger partial charge in [-0.2, -0.15) is 0 Å².